The molecule has 1 saturated heterocycles. The van der Waals surface area contributed by atoms with Crippen molar-refractivity contribution in [3.63, 3.8) is 0 Å². The van der Waals surface area contributed by atoms with Crippen LogP contribution in [0.2, 0.25) is 0 Å². The van der Waals surface area contributed by atoms with Gasteiger partial charge in [-0.3, -0.25) is 4.90 Å². The van der Waals surface area contributed by atoms with E-state index in [0.717, 1.165) is 69.7 Å². The third kappa shape index (κ3) is 8.82. The SMILES string of the molecule is CNCC(CC(C)C)N1CCCC(C(O)(CCCCOC)c2ccccc2OCC(C)(C)C)C1. The van der Waals surface area contributed by atoms with E-state index in [-0.39, 0.29) is 11.3 Å². The number of hydrogen-bond acceptors (Lipinski definition) is 5. The zero-order valence-electron chi connectivity index (χ0n) is 23.0. The second kappa shape index (κ2) is 13.8. The number of piperidine rings is 1. The van der Waals surface area contributed by atoms with Crippen LogP contribution >= 0.6 is 0 Å². The summed E-state index contributed by atoms with van der Waals surface area (Å²) in [6, 6.07) is 8.68. The highest BCUT2D eigenvalue weighted by Gasteiger charge is 2.43. The normalized spacial score (nSPS) is 20.3. The zero-order valence-corrected chi connectivity index (χ0v) is 23.0. The third-order valence-corrected chi connectivity index (χ3v) is 7.00. The minimum Gasteiger partial charge on any atom is -0.493 e. The van der Waals surface area contributed by atoms with Gasteiger partial charge in [-0.15, -0.1) is 0 Å². The van der Waals surface area contributed by atoms with Crippen LogP contribution in [-0.2, 0) is 10.3 Å². The summed E-state index contributed by atoms with van der Waals surface area (Å²) in [4.78, 5) is 2.63. The molecule has 1 aromatic rings. The first kappa shape index (κ1) is 29.1. The molecule has 5 heteroatoms. The van der Waals surface area contributed by atoms with Gasteiger partial charge >= 0.3 is 0 Å². The van der Waals surface area contributed by atoms with Gasteiger partial charge < -0.3 is 19.9 Å². The molecule has 1 aliphatic rings. The molecule has 0 spiro atoms. The molecule has 0 amide bonds. The number of rotatable bonds is 14. The predicted octanol–water partition coefficient (Wildman–Crippen LogP) is 5.46. The molecule has 2 N–H and O–H groups in total. The molecule has 5 nitrogen and oxygen atoms in total. The highest BCUT2D eigenvalue weighted by atomic mass is 16.5. The predicted molar refractivity (Wildman–Crippen MR) is 142 cm³/mol. The average molecular weight is 477 g/mol. The van der Waals surface area contributed by atoms with Crippen molar-refractivity contribution in [3.05, 3.63) is 29.8 Å². The highest BCUT2D eigenvalue weighted by Crippen LogP contribution is 2.44. The van der Waals surface area contributed by atoms with Crippen LogP contribution in [0.5, 0.6) is 5.75 Å². The van der Waals surface area contributed by atoms with Crippen molar-refractivity contribution in [2.75, 3.05) is 47.0 Å². The molecule has 0 saturated carbocycles. The lowest BCUT2D eigenvalue weighted by molar-refractivity contribution is -0.0702. The van der Waals surface area contributed by atoms with Gasteiger partial charge in [0.1, 0.15) is 5.75 Å². The summed E-state index contributed by atoms with van der Waals surface area (Å²) >= 11 is 0. The molecule has 1 fully saturated rings. The summed E-state index contributed by atoms with van der Waals surface area (Å²) in [5.41, 5.74) is 0.100. The largest absolute Gasteiger partial charge is 0.493 e. The molecular formula is C29H52N2O3. The molecule has 1 aromatic carbocycles. The van der Waals surface area contributed by atoms with E-state index in [1.165, 1.54) is 6.42 Å². The van der Waals surface area contributed by atoms with Gasteiger partial charge in [0.05, 0.1) is 12.2 Å². The van der Waals surface area contributed by atoms with Crippen molar-refractivity contribution in [1.82, 2.24) is 10.2 Å². The Labute approximate surface area is 209 Å². The van der Waals surface area contributed by atoms with Gasteiger partial charge in [0, 0.05) is 44.3 Å². The van der Waals surface area contributed by atoms with E-state index in [1.807, 2.05) is 25.2 Å². The van der Waals surface area contributed by atoms with Gasteiger partial charge in [-0.1, -0.05) is 52.8 Å². The molecule has 0 aliphatic carbocycles. The van der Waals surface area contributed by atoms with E-state index in [0.29, 0.717) is 18.6 Å². The fourth-order valence-corrected chi connectivity index (χ4v) is 5.31. The molecule has 1 aliphatic heterocycles. The number of ether oxygens (including phenoxy) is 2. The lowest BCUT2D eigenvalue weighted by atomic mass is 9.73. The Kier molecular flexibility index (Phi) is 11.8. The second-order valence-electron chi connectivity index (χ2n) is 11.9. The number of nitrogens with one attached hydrogen (secondary N) is 1. The molecule has 34 heavy (non-hydrogen) atoms. The fraction of sp³-hybridized carbons (Fsp3) is 0.793. The summed E-state index contributed by atoms with van der Waals surface area (Å²) in [5.74, 6) is 1.66. The average Bonchev–Trinajstić information content (AvgIpc) is 2.79. The van der Waals surface area contributed by atoms with E-state index in [4.69, 9.17) is 9.47 Å². The van der Waals surface area contributed by atoms with Crippen molar-refractivity contribution in [2.24, 2.45) is 17.3 Å². The summed E-state index contributed by atoms with van der Waals surface area (Å²) in [5, 5.41) is 15.9. The van der Waals surface area contributed by atoms with Crippen LogP contribution in [0.3, 0.4) is 0 Å². The summed E-state index contributed by atoms with van der Waals surface area (Å²) in [6.07, 6.45) is 5.94. The Morgan fingerprint density at radius 2 is 1.91 bits per heavy atom. The van der Waals surface area contributed by atoms with Crippen LogP contribution < -0.4 is 10.1 Å². The summed E-state index contributed by atoms with van der Waals surface area (Å²) < 4.78 is 11.6. The molecular weight excluding hydrogens is 424 g/mol. The van der Waals surface area contributed by atoms with Gasteiger partial charge in [0.2, 0.25) is 0 Å². The van der Waals surface area contributed by atoms with Crippen molar-refractivity contribution in [2.45, 2.75) is 84.8 Å². The van der Waals surface area contributed by atoms with E-state index in [2.05, 4.69) is 50.9 Å². The minimum atomic E-state index is -0.914. The Balaban J connectivity index is 2.34. The third-order valence-electron chi connectivity index (χ3n) is 7.00. The van der Waals surface area contributed by atoms with Crippen LogP contribution in [0.1, 0.15) is 78.7 Å². The minimum absolute atomic E-state index is 0.0581. The maximum absolute atomic E-state index is 12.5. The molecule has 0 bridgehead atoms. The number of unbranched alkanes of at least 4 members (excludes halogenated alkanes) is 1. The number of methoxy groups -OCH3 is 1. The van der Waals surface area contributed by atoms with E-state index < -0.39 is 5.60 Å². The number of hydrogen-bond donors (Lipinski definition) is 2. The van der Waals surface area contributed by atoms with E-state index >= 15 is 0 Å². The van der Waals surface area contributed by atoms with E-state index in [9.17, 15) is 5.11 Å². The number of aliphatic hydroxyl groups is 1. The molecule has 0 radical (unpaired) electrons. The number of likely N-dealkylation sites (N-methyl/N-ethyl adjacent to an activating group) is 1. The van der Waals surface area contributed by atoms with Gasteiger partial charge in [-0.05, 0) is 69.5 Å². The highest BCUT2D eigenvalue weighted by molar-refractivity contribution is 5.39. The van der Waals surface area contributed by atoms with E-state index in [1.54, 1.807) is 7.11 Å². The van der Waals surface area contributed by atoms with Crippen molar-refractivity contribution < 1.29 is 14.6 Å². The molecule has 3 unspecified atom stereocenters. The van der Waals surface area contributed by atoms with Crippen molar-refractivity contribution in [1.29, 1.82) is 0 Å². The van der Waals surface area contributed by atoms with Crippen molar-refractivity contribution >= 4 is 0 Å². The number of benzene rings is 1. The Morgan fingerprint density at radius 1 is 1.18 bits per heavy atom. The van der Waals surface area contributed by atoms with Crippen LogP contribution in [-0.4, -0.2) is 63.1 Å². The first-order valence-corrected chi connectivity index (χ1v) is 13.4. The van der Waals surface area contributed by atoms with Gasteiger partial charge in [-0.25, -0.2) is 0 Å². The standard InChI is InChI=1S/C29H52N2O3/c1-23(2)19-25(20-30-6)31-17-12-13-24(21-31)29(32,16-10-11-18-33-7)26-14-8-9-15-27(26)34-22-28(3,4)5/h8-9,14-15,23-25,30,32H,10-13,16-22H2,1-7H3. The first-order chi connectivity index (χ1) is 16.1. The molecule has 1 heterocycles. The molecule has 3 atom stereocenters. The quantitative estimate of drug-likeness (QED) is 0.349. The Morgan fingerprint density at radius 3 is 2.56 bits per heavy atom. The fourth-order valence-electron chi connectivity index (χ4n) is 5.31. The monoisotopic (exact) mass is 476 g/mol. The maximum atomic E-state index is 12.5. The van der Waals surface area contributed by atoms with Crippen LogP contribution in [0.4, 0.5) is 0 Å². The number of para-hydroxylation sites is 1. The molecule has 0 aromatic heterocycles. The summed E-state index contributed by atoms with van der Waals surface area (Å²) in [6.45, 7) is 15.5. The second-order valence-corrected chi connectivity index (χ2v) is 11.9. The molecule has 196 valence electrons. The smallest absolute Gasteiger partial charge is 0.125 e. The van der Waals surface area contributed by atoms with Gasteiger partial charge in [0.25, 0.3) is 0 Å². The number of likely N-dealkylation sites (tertiary alicyclic amines) is 1. The Bertz CT molecular complexity index is 703. The molecule has 2 rings (SSSR count). The van der Waals surface area contributed by atoms with Crippen molar-refractivity contribution in [3.8, 4) is 5.75 Å². The Hall–Kier alpha value is -1.14. The topological polar surface area (TPSA) is 54.0 Å². The maximum Gasteiger partial charge on any atom is 0.125 e. The first-order valence-electron chi connectivity index (χ1n) is 13.4. The zero-order chi connectivity index (χ0) is 25.2. The summed E-state index contributed by atoms with van der Waals surface area (Å²) in [7, 11) is 3.79. The lowest BCUT2D eigenvalue weighted by Crippen LogP contribution is -2.52. The van der Waals surface area contributed by atoms with Gasteiger partial charge in [-0.2, -0.15) is 0 Å². The van der Waals surface area contributed by atoms with Crippen LogP contribution in [0.25, 0.3) is 0 Å². The lowest BCUT2D eigenvalue weighted by Gasteiger charge is -2.46. The number of nitrogens with zero attached hydrogens (tertiary/aromatic N) is 1. The van der Waals surface area contributed by atoms with Crippen LogP contribution in [0.15, 0.2) is 24.3 Å². The van der Waals surface area contributed by atoms with Crippen LogP contribution in [0, 0.1) is 17.3 Å². The van der Waals surface area contributed by atoms with Gasteiger partial charge in [0.15, 0.2) is 0 Å².